The normalized spacial score (nSPS) is 15.0. The van der Waals surface area contributed by atoms with Gasteiger partial charge < -0.3 is 15.4 Å². The zero-order chi connectivity index (χ0) is 13.0. The Balaban J connectivity index is 1.75. The number of benzene rings is 1. The van der Waals surface area contributed by atoms with Gasteiger partial charge in [-0.25, -0.2) is 0 Å². The first-order valence-electron chi connectivity index (χ1n) is 5.70. The van der Waals surface area contributed by atoms with Crippen LogP contribution in [-0.4, -0.2) is 32.1 Å². The molecule has 18 heavy (non-hydrogen) atoms. The maximum absolute atomic E-state index is 11.5. The van der Waals surface area contributed by atoms with Gasteiger partial charge in [0.15, 0.2) is 6.61 Å². The number of nitrogens with one attached hydrogen (secondary N) is 2. The summed E-state index contributed by atoms with van der Waals surface area (Å²) in [5, 5.41) is 6.91. The Morgan fingerprint density at radius 2 is 2.22 bits per heavy atom. The molecule has 0 aliphatic carbocycles. The molecule has 1 saturated heterocycles. The molecule has 6 heteroatoms. The van der Waals surface area contributed by atoms with Crippen molar-refractivity contribution in [2.75, 3.05) is 26.2 Å². The number of carbonyl (C=O) groups is 1. The zero-order valence-electron chi connectivity index (χ0n) is 9.71. The summed E-state index contributed by atoms with van der Waals surface area (Å²) in [6.45, 7) is 2.54. The second-order valence-corrected chi connectivity index (χ2v) is 5.04. The van der Waals surface area contributed by atoms with Crippen LogP contribution < -0.4 is 15.4 Å². The molecule has 0 radical (unpaired) electrons. The topological polar surface area (TPSA) is 50.4 Å². The van der Waals surface area contributed by atoms with Gasteiger partial charge in [-0.05, 0) is 12.1 Å². The average molecular weight is 289 g/mol. The highest BCUT2D eigenvalue weighted by Gasteiger charge is 2.17. The van der Waals surface area contributed by atoms with Crippen LogP contribution in [0, 0.1) is 5.92 Å². The van der Waals surface area contributed by atoms with E-state index in [9.17, 15) is 4.79 Å². The summed E-state index contributed by atoms with van der Waals surface area (Å²) in [6.07, 6.45) is 0. The maximum atomic E-state index is 11.5. The van der Waals surface area contributed by atoms with Crippen molar-refractivity contribution >= 4 is 29.1 Å². The Morgan fingerprint density at radius 1 is 1.44 bits per heavy atom. The van der Waals surface area contributed by atoms with Gasteiger partial charge in [-0.2, -0.15) is 0 Å². The number of amides is 1. The van der Waals surface area contributed by atoms with Gasteiger partial charge in [0.25, 0.3) is 5.91 Å². The van der Waals surface area contributed by atoms with Crippen molar-refractivity contribution in [3.05, 3.63) is 28.2 Å². The standard InChI is InChI=1S/C12H14Cl2N2O2/c13-9-1-2-10(14)11(3-9)18-7-12(17)16-6-8-4-15-5-8/h1-3,8,15H,4-7H2,(H,16,17). The van der Waals surface area contributed by atoms with Gasteiger partial charge in [-0.15, -0.1) is 0 Å². The Kier molecular flexibility index (Phi) is 4.69. The lowest BCUT2D eigenvalue weighted by Gasteiger charge is -2.27. The largest absolute Gasteiger partial charge is 0.482 e. The third kappa shape index (κ3) is 3.77. The molecule has 0 saturated carbocycles. The number of hydrogen-bond acceptors (Lipinski definition) is 3. The number of ether oxygens (including phenoxy) is 1. The van der Waals surface area contributed by atoms with Gasteiger partial charge in [-0.1, -0.05) is 23.2 Å². The highest BCUT2D eigenvalue weighted by atomic mass is 35.5. The van der Waals surface area contributed by atoms with Crippen molar-refractivity contribution in [1.82, 2.24) is 10.6 Å². The predicted octanol–water partition coefficient (Wildman–Crippen LogP) is 1.71. The molecule has 1 aliphatic heterocycles. The molecule has 1 heterocycles. The van der Waals surface area contributed by atoms with Crippen LogP contribution >= 0.6 is 23.2 Å². The van der Waals surface area contributed by atoms with Crippen LogP contribution in [0.4, 0.5) is 0 Å². The van der Waals surface area contributed by atoms with Crippen LogP contribution in [0.25, 0.3) is 0 Å². The number of rotatable bonds is 5. The predicted molar refractivity (Wildman–Crippen MR) is 71.3 cm³/mol. The molecule has 0 aromatic heterocycles. The van der Waals surface area contributed by atoms with Crippen molar-refractivity contribution in [2.45, 2.75) is 0 Å². The third-order valence-electron chi connectivity index (χ3n) is 2.71. The summed E-state index contributed by atoms with van der Waals surface area (Å²) in [6, 6.07) is 4.89. The van der Waals surface area contributed by atoms with E-state index in [1.807, 2.05) is 0 Å². The molecular weight excluding hydrogens is 275 g/mol. The van der Waals surface area contributed by atoms with E-state index in [4.69, 9.17) is 27.9 Å². The Hall–Kier alpha value is -0.970. The van der Waals surface area contributed by atoms with Crippen LogP contribution in [0.5, 0.6) is 5.75 Å². The van der Waals surface area contributed by atoms with E-state index in [1.165, 1.54) is 0 Å². The first-order chi connectivity index (χ1) is 8.65. The Bertz CT molecular complexity index is 436. The quantitative estimate of drug-likeness (QED) is 0.867. The molecule has 1 aromatic rings. The number of carbonyl (C=O) groups excluding carboxylic acids is 1. The highest BCUT2D eigenvalue weighted by molar-refractivity contribution is 6.34. The number of hydrogen-bond donors (Lipinski definition) is 2. The fourth-order valence-electron chi connectivity index (χ4n) is 1.53. The van der Waals surface area contributed by atoms with Crippen molar-refractivity contribution in [3.63, 3.8) is 0 Å². The highest BCUT2D eigenvalue weighted by Crippen LogP contribution is 2.27. The van der Waals surface area contributed by atoms with Crippen molar-refractivity contribution < 1.29 is 9.53 Å². The summed E-state index contributed by atoms with van der Waals surface area (Å²) in [5.41, 5.74) is 0. The van der Waals surface area contributed by atoms with Crippen molar-refractivity contribution in [1.29, 1.82) is 0 Å². The minimum Gasteiger partial charge on any atom is -0.482 e. The van der Waals surface area contributed by atoms with E-state index in [2.05, 4.69) is 10.6 Å². The van der Waals surface area contributed by atoms with Gasteiger partial charge in [0.1, 0.15) is 5.75 Å². The second kappa shape index (κ2) is 6.27. The average Bonchev–Trinajstić information content (AvgIpc) is 2.28. The summed E-state index contributed by atoms with van der Waals surface area (Å²) in [5.74, 6) is 0.797. The van der Waals surface area contributed by atoms with Gasteiger partial charge in [0.2, 0.25) is 0 Å². The lowest BCUT2D eigenvalue weighted by molar-refractivity contribution is -0.123. The molecule has 1 amide bonds. The van der Waals surface area contributed by atoms with Crippen LogP contribution in [-0.2, 0) is 4.79 Å². The molecule has 1 aliphatic rings. The van der Waals surface area contributed by atoms with Crippen molar-refractivity contribution in [2.24, 2.45) is 5.92 Å². The molecule has 1 fully saturated rings. The van der Waals surface area contributed by atoms with Crippen LogP contribution in [0.2, 0.25) is 10.0 Å². The molecule has 0 spiro atoms. The summed E-state index contributed by atoms with van der Waals surface area (Å²) < 4.78 is 5.32. The molecule has 98 valence electrons. The van der Waals surface area contributed by atoms with Gasteiger partial charge in [0.05, 0.1) is 5.02 Å². The molecule has 4 nitrogen and oxygen atoms in total. The first-order valence-corrected chi connectivity index (χ1v) is 6.46. The summed E-state index contributed by atoms with van der Waals surface area (Å²) in [7, 11) is 0. The summed E-state index contributed by atoms with van der Waals surface area (Å²) in [4.78, 5) is 11.5. The molecule has 0 unspecified atom stereocenters. The first kappa shape index (κ1) is 13.5. The van der Waals surface area contributed by atoms with E-state index in [0.29, 0.717) is 28.3 Å². The SMILES string of the molecule is O=C(COc1cc(Cl)ccc1Cl)NCC1CNC1. The van der Waals surface area contributed by atoms with E-state index in [0.717, 1.165) is 13.1 Å². The van der Waals surface area contributed by atoms with Crippen LogP contribution in [0.3, 0.4) is 0 Å². The molecule has 1 aromatic carbocycles. The monoisotopic (exact) mass is 288 g/mol. The van der Waals surface area contributed by atoms with Crippen LogP contribution in [0.1, 0.15) is 0 Å². The number of halogens is 2. The lowest BCUT2D eigenvalue weighted by atomic mass is 10.0. The molecule has 2 rings (SSSR count). The van der Waals surface area contributed by atoms with E-state index >= 15 is 0 Å². The minimum atomic E-state index is -0.155. The van der Waals surface area contributed by atoms with E-state index in [1.54, 1.807) is 18.2 Å². The van der Waals surface area contributed by atoms with E-state index in [-0.39, 0.29) is 12.5 Å². The molecular formula is C12H14Cl2N2O2. The Morgan fingerprint density at radius 3 is 2.89 bits per heavy atom. The third-order valence-corrected chi connectivity index (χ3v) is 3.25. The van der Waals surface area contributed by atoms with Gasteiger partial charge in [-0.3, -0.25) is 4.79 Å². The molecule has 0 atom stereocenters. The molecule has 2 N–H and O–H groups in total. The fourth-order valence-corrected chi connectivity index (χ4v) is 1.87. The van der Waals surface area contributed by atoms with Gasteiger partial charge >= 0.3 is 0 Å². The van der Waals surface area contributed by atoms with Crippen LogP contribution in [0.15, 0.2) is 18.2 Å². The molecule has 0 bridgehead atoms. The van der Waals surface area contributed by atoms with Crippen molar-refractivity contribution in [3.8, 4) is 5.75 Å². The van der Waals surface area contributed by atoms with E-state index < -0.39 is 0 Å². The fraction of sp³-hybridized carbons (Fsp3) is 0.417. The Labute approximate surface area is 116 Å². The lowest BCUT2D eigenvalue weighted by Crippen LogP contribution is -2.48. The smallest absolute Gasteiger partial charge is 0.257 e. The minimum absolute atomic E-state index is 0.0553. The zero-order valence-corrected chi connectivity index (χ0v) is 11.2. The van der Waals surface area contributed by atoms with Gasteiger partial charge in [0, 0.05) is 36.6 Å². The maximum Gasteiger partial charge on any atom is 0.257 e. The second-order valence-electron chi connectivity index (χ2n) is 4.19. The summed E-state index contributed by atoms with van der Waals surface area (Å²) >= 11 is 11.7.